The molecule has 0 radical (unpaired) electrons. The number of rotatable bonds is 6. The van der Waals surface area contributed by atoms with E-state index in [9.17, 15) is 24.6 Å². The first-order valence-electron chi connectivity index (χ1n) is 10.0. The molecule has 1 amide bonds. The molecule has 4 rings (SSSR count). The van der Waals surface area contributed by atoms with Crippen LogP contribution in [0, 0.1) is 0 Å². The standard InChI is InChI=1S/C26H18ClNO5/c27-20-12-5-4-11-19(20)23-22(21(29)14-13-16-7-2-1-3-8-16)24(30)25(31)28(23)18-10-6-9-17(15-18)26(32)33/h1-15,23,30H,(H,32,33)/b14-13-/t23-/m1/s1. The quantitative estimate of drug-likeness (QED) is 0.493. The van der Waals surface area contributed by atoms with Crippen molar-refractivity contribution in [1.29, 1.82) is 0 Å². The van der Waals surface area contributed by atoms with Crippen LogP contribution in [0.3, 0.4) is 0 Å². The van der Waals surface area contributed by atoms with Crippen molar-refractivity contribution < 1.29 is 24.6 Å². The summed E-state index contributed by atoms with van der Waals surface area (Å²) < 4.78 is 0. The monoisotopic (exact) mass is 459 g/mol. The van der Waals surface area contributed by atoms with Gasteiger partial charge in [-0.2, -0.15) is 0 Å². The predicted molar refractivity (Wildman–Crippen MR) is 125 cm³/mol. The molecule has 0 saturated heterocycles. The zero-order valence-electron chi connectivity index (χ0n) is 17.2. The van der Waals surface area contributed by atoms with E-state index in [1.807, 2.05) is 30.3 Å². The number of halogens is 1. The molecule has 7 heteroatoms. The smallest absolute Gasteiger partial charge is 0.335 e. The number of carbonyl (C=O) groups excluding carboxylic acids is 2. The van der Waals surface area contributed by atoms with Gasteiger partial charge in [0.25, 0.3) is 5.91 Å². The predicted octanol–water partition coefficient (Wildman–Crippen LogP) is 5.22. The van der Waals surface area contributed by atoms with Gasteiger partial charge in [0, 0.05) is 10.7 Å². The number of amides is 1. The Morgan fingerprint density at radius 3 is 2.33 bits per heavy atom. The summed E-state index contributed by atoms with van der Waals surface area (Å²) in [5.74, 6) is -3.26. The highest BCUT2D eigenvalue weighted by atomic mass is 35.5. The van der Waals surface area contributed by atoms with Crippen LogP contribution in [0.5, 0.6) is 0 Å². The number of benzene rings is 3. The Bertz CT molecular complexity index is 1310. The van der Waals surface area contributed by atoms with Crippen molar-refractivity contribution in [3.63, 3.8) is 0 Å². The van der Waals surface area contributed by atoms with Crippen LogP contribution in [0.15, 0.2) is 96.3 Å². The SMILES string of the molecule is O=C(/C=C\c1ccccc1)C1=C(O)C(=O)N(c2cccc(C(=O)O)c2)[C@@H]1c1ccccc1Cl. The molecule has 0 spiro atoms. The van der Waals surface area contributed by atoms with Crippen LogP contribution in [0.2, 0.25) is 5.02 Å². The number of aliphatic hydroxyl groups is 1. The van der Waals surface area contributed by atoms with Crippen LogP contribution in [0.25, 0.3) is 6.08 Å². The largest absolute Gasteiger partial charge is 0.503 e. The highest BCUT2D eigenvalue weighted by molar-refractivity contribution is 6.32. The molecule has 3 aromatic rings. The molecule has 0 aliphatic carbocycles. The minimum atomic E-state index is -1.17. The van der Waals surface area contributed by atoms with Crippen molar-refractivity contribution in [1.82, 2.24) is 0 Å². The van der Waals surface area contributed by atoms with Crippen molar-refractivity contribution in [2.45, 2.75) is 6.04 Å². The number of hydrogen-bond acceptors (Lipinski definition) is 4. The fraction of sp³-hybridized carbons (Fsp3) is 0.0385. The number of ketones is 1. The molecular weight excluding hydrogens is 442 g/mol. The summed E-state index contributed by atoms with van der Waals surface area (Å²) in [6.07, 6.45) is 2.87. The van der Waals surface area contributed by atoms with Gasteiger partial charge in [0.05, 0.1) is 17.2 Å². The Morgan fingerprint density at radius 2 is 1.64 bits per heavy atom. The van der Waals surface area contributed by atoms with Gasteiger partial charge in [-0.1, -0.05) is 72.3 Å². The molecule has 1 atom stereocenters. The van der Waals surface area contributed by atoms with Crippen LogP contribution in [-0.4, -0.2) is 27.9 Å². The molecule has 1 heterocycles. The fourth-order valence-corrected chi connectivity index (χ4v) is 3.97. The zero-order valence-corrected chi connectivity index (χ0v) is 17.9. The Kier molecular flexibility index (Phi) is 6.11. The first-order chi connectivity index (χ1) is 15.9. The fourth-order valence-electron chi connectivity index (χ4n) is 3.73. The second kappa shape index (κ2) is 9.14. The zero-order chi connectivity index (χ0) is 23.5. The molecule has 3 aromatic carbocycles. The van der Waals surface area contributed by atoms with Crippen molar-refractivity contribution >= 4 is 41.0 Å². The maximum atomic E-state index is 13.2. The van der Waals surface area contributed by atoms with Crippen LogP contribution in [-0.2, 0) is 9.59 Å². The summed E-state index contributed by atoms with van der Waals surface area (Å²) in [4.78, 5) is 39.0. The normalized spacial score (nSPS) is 16.0. The Labute approximate surface area is 194 Å². The molecule has 0 aromatic heterocycles. The number of carbonyl (C=O) groups is 3. The van der Waals surface area contributed by atoms with E-state index in [-0.39, 0.29) is 16.8 Å². The van der Waals surface area contributed by atoms with Crippen LogP contribution in [0.1, 0.15) is 27.5 Å². The average Bonchev–Trinajstić information content (AvgIpc) is 3.09. The molecule has 1 aliphatic heterocycles. The van der Waals surface area contributed by atoms with Gasteiger partial charge in [-0.3, -0.25) is 14.5 Å². The number of carboxylic acid groups (broad SMARTS) is 1. The molecule has 164 valence electrons. The minimum Gasteiger partial charge on any atom is -0.503 e. The van der Waals surface area contributed by atoms with E-state index in [1.165, 1.54) is 35.2 Å². The lowest BCUT2D eigenvalue weighted by molar-refractivity contribution is -0.117. The molecule has 0 unspecified atom stereocenters. The molecule has 33 heavy (non-hydrogen) atoms. The number of carboxylic acids is 1. The number of allylic oxidation sites excluding steroid dienone is 1. The van der Waals surface area contributed by atoms with E-state index in [4.69, 9.17) is 11.6 Å². The highest BCUT2D eigenvalue weighted by Crippen LogP contribution is 2.43. The lowest BCUT2D eigenvalue weighted by atomic mass is 9.95. The van der Waals surface area contributed by atoms with Gasteiger partial charge < -0.3 is 10.2 Å². The van der Waals surface area contributed by atoms with Crippen LogP contribution in [0.4, 0.5) is 5.69 Å². The Morgan fingerprint density at radius 1 is 0.939 bits per heavy atom. The third kappa shape index (κ3) is 4.29. The van der Waals surface area contributed by atoms with Gasteiger partial charge in [0.15, 0.2) is 11.5 Å². The lowest BCUT2D eigenvalue weighted by Crippen LogP contribution is -2.31. The number of aliphatic hydroxyl groups excluding tert-OH is 1. The second-order valence-corrected chi connectivity index (χ2v) is 7.73. The highest BCUT2D eigenvalue weighted by Gasteiger charge is 2.44. The van der Waals surface area contributed by atoms with Crippen molar-refractivity contribution in [2.24, 2.45) is 0 Å². The van der Waals surface area contributed by atoms with E-state index < -0.39 is 29.5 Å². The van der Waals surface area contributed by atoms with E-state index in [1.54, 1.807) is 30.3 Å². The summed E-state index contributed by atoms with van der Waals surface area (Å²) in [5, 5.41) is 20.4. The number of hydrogen-bond donors (Lipinski definition) is 2. The molecule has 0 saturated carbocycles. The van der Waals surface area contributed by atoms with Gasteiger partial charge >= 0.3 is 5.97 Å². The van der Waals surface area contributed by atoms with Crippen molar-refractivity contribution in [3.05, 3.63) is 118 Å². The van der Waals surface area contributed by atoms with E-state index >= 15 is 0 Å². The maximum absolute atomic E-state index is 13.2. The van der Waals surface area contributed by atoms with Gasteiger partial charge in [-0.05, 0) is 41.5 Å². The van der Waals surface area contributed by atoms with Gasteiger partial charge in [-0.25, -0.2) is 4.79 Å². The van der Waals surface area contributed by atoms with Crippen LogP contribution >= 0.6 is 11.6 Å². The third-order valence-corrected chi connectivity index (χ3v) is 5.62. The first-order valence-corrected chi connectivity index (χ1v) is 10.4. The summed E-state index contributed by atoms with van der Waals surface area (Å²) in [6.45, 7) is 0. The second-order valence-electron chi connectivity index (χ2n) is 7.33. The average molecular weight is 460 g/mol. The van der Waals surface area contributed by atoms with Gasteiger partial charge in [0.2, 0.25) is 0 Å². The van der Waals surface area contributed by atoms with E-state index in [2.05, 4.69) is 0 Å². The minimum absolute atomic E-state index is 0.0403. The third-order valence-electron chi connectivity index (χ3n) is 5.27. The number of anilines is 1. The van der Waals surface area contributed by atoms with Crippen molar-refractivity contribution in [3.8, 4) is 0 Å². The summed E-state index contributed by atoms with van der Waals surface area (Å²) in [6, 6.07) is 20.5. The summed E-state index contributed by atoms with van der Waals surface area (Å²) in [7, 11) is 0. The lowest BCUT2D eigenvalue weighted by Gasteiger charge is -2.27. The Balaban J connectivity index is 1.83. The van der Waals surface area contributed by atoms with E-state index in [0.717, 1.165) is 5.56 Å². The number of aromatic carboxylic acids is 1. The molecule has 0 fully saturated rings. The summed E-state index contributed by atoms with van der Waals surface area (Å²) in [5.41, 5.74) is 1.23. The first kappa shape index (κ1) is 22.0. The van der Waals surface area contributed by atoms with Crippen LogP contribution < -0.4 is 4.90 Å². The molecule has 6 nitrogen and oxygen atoms in total. The molecular formula is C26H18ClNO5. The van der Waals surface area contributed by atoms with E-state index in [0.29, 0.717) is 10.6 Å². The van der Waals surface area contributed by atoms with Crippen molar-refractivity contribution in [2.75, 3.05) is 4.90 Å². The maximum Gasteiger partial charge on any atom is 0.335 e. The molecule has 1 aliphatic rings. The molecule has 0 bridgehead atoms. The number of nitrogens with zero attached hydrogens (tertiary/aromatic N) is 1. The summed E-state index contributed by atoms with van der Waals surface area (Å²) >= 11 is 6.41. The molecule has 2 N–H and O–H groups in total. The van der Waals surface area contributed by atoms with Gasteiger partial charge in [-0.15, -0.1) is 0 Å². The topological polar surface area (TPSA) is 94.9 Å². The Hall–Kier alpha value is -4.16. The van der Waals surface area contributed by atoms with Gasteiger partial charge in [0.1, 0.15) is 0 Å².